The Hall–Kier alpha value is -1.40. The van der Waals surface area contributed by atoms with Gasteiger partial charge in [-0.1, -0.05) is 0 Å². The van der Waals surface area contributed by atoms with Crippen molar-refractivity contribution in [3.05, 3.63) is 18.2 Å². The van der Waals surface area contributed by atoms with Crippen LogP contribution in [0.25, 0.3) is 0 Å². The number of hydrogen-bond acceptors (Lipinski definition) is 4. The molecule has 0 bridgehead atoms. The molecule has 0 atom stereocenters. The molecule has 1 fully saturated rings. The summed E-state index contributed by atoms with van der Waals surface area (Å²) in [5.74, 6) is 1.09. The van der Waals surface area contributed by atoms with Gasteiger partial charge < -0.3 is 19.9 Å². The number of rotatable bonds is 6. The van der Waals surface area contributed by atoms with Crippen LogP contribution < -0.4 is 10.6 Å². The van der Waals surface area contributed by atoms with Crippen LogP contribution in [0.1, 0.15) is 18.7 Å². The lowest BCUT2D eigenvalue weighted by Gasteiger charge is -2.23. The van der Waals surface area contributed by atoms with Gasteiger partial charge in [-0.15, -0.1) is 0 Å². The van der Waals surface area contributed by atoms with E-state index in [2.05, 4.69) is 15.6 Å². The number of imidazole rings is 1. The number of nitrogens with zero attached hydrogens (tertiary/aromatic N) is 2. The van der Waals surface area contributed by atoms with Crippen LogP contribution in [0, 0.1) is 0 Å². The molecular weight excluding hydrogens is 244 g/mol. The number of hydrogen-bond donors (Lipinski definition) is 2. The summed E-state index contributed by atoms with van der Waals surface area (Å²) in [5, 5.41) is 6.17. The van der Waals surface area contributed by atoms with Gasteiger partial charge in [-0.2, -0.15) is 0 Å². The predicted molar refractivity (Wildman–Crippen MR) is 71.8 cm³/mol. The average molecular weight is 266 g/mol. The molecule has 2 N–H and O–H groups in total. The Balaban J connectivity index is 1.57. The van der Waals surface area contributed by atoms with E-state index in [1.54, 1.807) is 6.20 Å². The van der Waals surface area contributed by atoms with Gasteiger partial charge in [0.1, 0.15) is 5.82 Å². The highest BCUT2D eigenvalue weighted by Crippen LogP contribution is 2.05. The molecule has 6 nitrogen and oxygen atoms in total. The van der Waals surface area contributed by atoms with E-state index < -0.39 is 0 Å². The summed E-state index contributed by atoms with van der Waals surface area (Å²) >= 11 is 0. The van der Waals surface area contributed by atoms with Crippen molar-refractivity contribution in [1.82, 2.24) is 20.2 Å². The molecule has 19 heavy (non-hydrogen) atoms. The molecule has 0 aromatic carbocycles. The van der Waals surface area contributed by atoms with E-state index in [9.17, 15) is 4.79 Å². The minimum absolute atomic E-state index is 0.0618. The Morgan fingerprint density at radius 3 is 3.00 bits per heavy atom. The molecule has 0 radical (unpaired) electrons. The minimum Gasteiger partial charge on any atom is -0.381 e. The molecule has 0 saturated carbocycles. The Morgan fingerprint density at radius 1 is 1.53 bits per heavy atom. The van der Waals surface area contributed by atoms with Crippen molar-refractivity contribution in [2.24, 2.45) is 7.05 Å². The second-order valence-electron chi connectivity index (χ2n) is 4.84. The normalized spacial score (nSPS) is 16.5. The Kier molecular flexibility index (Phi) is 5.35. The molecule has 1 saturated heterocycles. The molecule has 0 unspecified atom stereocenters. The average Bonchev–Trinajstić information content (AvgIpc) is 2.81. The van der Waals surface area contributed by atoms with Gasteiger partial charge in [-0.05, 0) is 12.8 Å². The summed E-state index contributed by atoms with van der Waals surface area (Å²) in [6.45, 7) is 2.61. The topological polar surface area (TPSA) is 68.2 Å². The quantitative estimate of drug-likeness (QED) is 0.703. The summed E-state index contributed by atoms with van der Waals surface area (Å²) in [5.41, 5.74) is 0. The third kappa shape index (κ3) is 4.65. The van der Waals surface area contributed by atoms with Crippen molar-refractivity contribution in [2.45, 2.75) is 25.3 Å². The maximum absolute atomic E-state index is 11.7. The van der Waals surface area contributed by atoms with E-state index in [4.69, 9.17) is 4.74 Å². The standard InChI is InChI=1S/C13H22N4O2/c1-17-7-6-15-12(17)2-5-14-10-13(18)16-11-3-8-19-9-4-11/h6-7,11,14H,2-5,8-10H2,1H3,(H,16,18). The smallest absolute Gasteiger partial charge is 0.234 e. The van der Waals surface area contributed by atoms with Crippen molar-refractivity contribution in [3.63, 3.8) is 0 Å². The number of nitrogens with one attached hydrogen (secondary N) is 2. The molecule has 0 aliphatic carbocycles. The number of ether oxygens (including phenoxy) is 1. The van der Waals surface area contributed by atoms with Gasteiger partial charge >= 0.3 is 0 Å². The first-order valence-electron chi connectivity index (χ1n) is 6.80. The van der Waals surface area contributed by atoms with Crippen molar-refractivity contribution < 1.29 is 9.53 Å². The second kappa shape index (κ2) is 7.25. The van der Waals surface area contributed by atoms with E-state index in [-0.39, 0.29) is 11.9 Å². The molecule has 1 aromatic rings. The zero-order valence-electron chi connectivity index (χ0n) is 11.4. The lowest BCUT2D eigenvalue weighted by molar-refractivity contribution is -0.121. The number of carbonyl (C=O) groups is 1. The van der Waals surface area contributed by atoms with Crippen LogP contribution in [0.2, 0.25) is 0 Å². The van der Waals surface area contributed by atoms with Crippen molar-refractivity contribution >= 4 is 5.91 Å². The Morgan fingerprint density at radius 2 is 2.32 bits per heavy atom. The van der Waals surface area contributed by atoms with E-state index in [1.807, 2.05) is 17.8 Å². The van der Waals surface area contributed by atoms with Crippen LogP contribution in [0.5, 0.6) is 0 Å². The fourth-order valence-electron chi connectivity index (χ4n) is 2.16. The Labute approximate surface area is 113 Å². The van der Waals surface area contributed by atoms with E-state index in [0.29, 0.717) is 6.54 Å². The lowest BCUT2D eigenvalue weighted by atomic mass is 10.1. The first-order chi connectivity index (χ1) is 9.25. The lowest BCUT2D eigenvalue weighted by Crippen LogP contribution is -2.43. The second-order valence-corrected chi connectivity index (χ2v) is 4.84. The van der Waals surface area contributed by atoms with Crippen LogP contribution in [-0.2, 0) is 23.0 Å². The summed E-state index contributed by atoms with van der Waals surface area (Å²) in [4.78, 5) is 15.9. The summed E-state index contributed by atoms with van der Waals surface area (Å²) < 4.78 is 7.25. The maximum atomic E-state index is 11.7. The SMILES string of the molecule is Cn1ccnc1CCNCC(=O)NC1CCOCC1. The van der Waals surface area contributed by atoms with Crippen LogP contribution in [-0.4, -0.2) is 47.8 Å². The molecule has 6 heteroatoms. The maximum Gasteiger partial charge on any atom is 0.234 e. The van der Waals surface area contributed by atoms with Crippen LogP contribution >= 0.6 is 0 Å². The van der Waals surface area contributed by atoms with Crippen LogP contribution in [0.4, 0.5) is 0 Å². The molecule has 106 valence electrons. The molecule has 2 heterocycles. The monoisotopic (exact) mass is 266 g/mol. The predicted octanol–water partition coefficient (Wildman–Crippen LogP) is -0.153. The molecule has 1 amide bonds. The van der Waals surface area contributed by atoms with E-state index in [1.165, 1.54) is 0 Å². The summed E-state index contributed by atoms with van der Waals surface area (Å²) in [7, 11) is 1.97. The molecule has 1 aliphatic heterocycles. The first kappa shape index (κ1) is 14.0. The van der Waals surface area contributed by atoms with Gasteiger partial charge in [0.2, 0.25) is 5.91 Å². The van der Waals surface area contributed by atoms with Crippen molar-refractivity contribution in [2.75, 3.05) is 26.3 Å². The van der Waals surface area contributed by atoms with E-state index >= 15 is 0 Å². The van der Waals surface area contributed by atoms with Gasteiger partial charge in [-0.25, -0.2) is 4.98 Å². The zero-order chi connectivity index (χ0) is 13.5. The van der Waals surface area contributed by atoms with Gasteiger partial charge in [0.25, 0.3) is 0 Å². The third-order valence-electron chi connectivity index (χ3n) is 3.32. The number of aryl methyl sites for hydroxylation is 1. The highest BCUT2D eigenvalue weighted by atomic mass is 16.5. The molecule has 1 aliphatic rings. The first-order valence-corrected chi connectivity index (χ1v) is 6.80. The number of carbonyl (C=O) groups excluding carboxylic acids is 1. The largest absolute Gasteiger partial charge is 0.381 e. The van der Waals surface area contributed by atoms with Gasteiger partial charge in [-0.3, -0.25) is 4.79 Å². The zero-order valence-corrected chi connectivity index (χ0v) is 11.4. The molecule has 2 rings (SSSR count). The fourth-order valence-corrected chi connectivity index (χ4v) is 2.16. The van der Waals surface area contributed by atoms with Crippen LogP contribution in [0.3, 0.4) is 0 Å². The number of amides is 1. The Bertz CT molecular complexity index is 399. The van der Waals surface area contributed by atoms with Gasteiger partial charge in [0.15, 0.2) is 0 Å². The third-order valence-corrected chi connectivity index (χ3v) is 3.32. The highest BCUT2D eigenvalue weighted by molar-refractivity contribution is 5.78. The summed E-state index contributed by atoms with van der Waals surface area (Å²) in [6.07, 6.45) is 6.37. The van der Waals surface area contributed by atoms with Crippen molar-refractivity contribution in [3.8, 4) is 0 Å². The van der Waals surface area contributed by atoms with Crippen molar-refractivity contribution in [1.29, 1.82) is 0 Å². The molecule has 1 aromatic heterocycles. The van der Waals surface area contributed by atoms with Gasteiger partial charge in [0.05, 0.1) is 6.54 Å². The number of aromatic nitrogens is 2. The van der Waals surface area contributed by atoms with Gasteiger partial charge in [0, 0.05) is 51.7 Å². The summed E-state index contributed by atoms with van der Waals surface area (Å²) in [6, 6.07) is 0.276. The molecule has 0 spiro atoms. The fraction of sp³-hybridized carbons (Fsp3) is 0.692. The minimum atomic E-state index is 0.0618. The highest BCUT2D eigenvalue weighted by Gasteiger charge is 2.15. The molecular formula is C13H22N4O2. The van der Waals surface area contributed by atoms with E-state index in [0.717, 1.165) is 44.8 Å². The van der Waals surface area contributed by atoms with Crippen LogP contribution in [0.15, 0.2) is 12.4 Å².